The van der Waals surface area contributed by atoms with Crippen LogP contribution < -0.4 is 5.63 Å². The molecule has 16 heavy (non-hydrogen) atoms. The van der Waals surface area contributed by atoms with Crippen molar-refractivity contribution in [3.05, 3.63) is 27.8 Å². The van der Waals surface area contributed by atoms with Crippen molar-refractivity contribution in [2.45, 2.75) is 33.3 Å². The average Bonchev–Trinajstić information content (AvgIpc) is 2.12. The Morgan fingerprint density at radius 2 is 2.25 bits per heavy atom. The van der Waals surface area contributed by atoms with Gasteiger partial charge in [0.2, 0.25) is 0 Å². The second-order valence-corrected chi connectivity index (χ2v) is 3.63. The van der Waals surface area contributed by atoms with Gasteiger partial charge in [0.15, 0.2) is 0 Å². The molecule has 1 atom stereocenters. The van der Waals surface area contributed by atoms with Gasteiger partial charge in [0.25, 0.3) is 0 Å². The molecule has 0 radical (unpaired) electrons. The quantitative estimate of drug-likeness (QED) is 0.782. The van der Waals surface area contributed by atoms with Gasteiger partial charge in [-0.1, -0.05) is 0 Å². The molecule has 0 aliphatic carbocycles. The lowest BCUT2D eigenvalue weighted by Gasteiger charge is -2.10. The maximum Gasteiger partial charge on any atom is 0.342 e. The van der Waals surface area contributed by atoms with E-state index in [2.05, 4.69) is 0 Å². The fourth-order valence-corrected chi connectivity index (χ4v) is 1.30. The zero-order valence-electron chi connectivity index (χ0n) is 9.44. The topological polar surface area (TPSA) is 76.7 Å². The zero-order valence-corrected chi connectivity index (χ0v) is 9.44. The number of carbonyl (C=O) groups is 1. The molecule has 5 nitrogen and oxygen atoms in total. The van der Waals surface area contributed by atoms with Crippen molar-refractivity contribution in [2.75, 3.05) is 0 Å². The molecule has 1 unspecified atom stereocenters. The van der Waals surface area contributed by atoms with Crippen LogP contribution in [0.1, 0.15) is 25.2 Å². The molecule has 1 heterocycles. The Balaban J connectivity index is 2.82. The Hall–Kier alpha value is -1.78. The standard InChI is InChI=1S/C11H14O5/c1-6(15-8(3)12)4-9-5-10(13)7(2)11(14)16-9/h5-6,13H,4H2,1-3H3. The van der Waals surface area contributed by atoms with Gasteiger partial charge < -0.3 is 14.3 Å². The number of ether oxygens (including phenoxy) is 1. The minimum absolute atomic E-state index is 0.110. The molecule has 0 aromatic carbocycles. The number of hydrogen-bond acceptors (Lipinski definition) is 5. The van der Waals surface area contributed by atoms with Gasteiger partial charge in [-0.2, -0.15) is 0 Å². The number of carbonyl (C=O) groups excluding carboxylic acids is 1. The number of aromatic hydroxyl groups is 1. The van der Waals surface area contributed by atoms with Crippen molar-refractivity contribution < 1.29 is 19.1 Å². The van der Waals surface area contributed by atoms with Crippen molar-refractivity contribution in [1.82, 2.24) is 0 Å². The fraction of sp³-hybridized carbons (Fsp3) is 0.455. The van der Waals surface area contributed by atoms with E-state index in [0.29, 0.717) is 5.76 Å². The van der Waals surface area contributed by atoms with E-state index < -0.39 is 17.7 Å². The molecule has 1 rings (SSSR count). The normalized spacial score (nSPS) is 12.2. The third-order valence-corrected chi connectivity index (χ3v) is 2.07. The Morgan fingerprint density at radius 3 is 2.75 bits per heavy atom. The van der Waals surface area contributed by atoms with Crippen LogP contribution in [0.2, 0.25) is 0 Å². The van der Waals surface area contributed by atoms with E-state index in [1.807, 2.05) is 0 Å². The Bertz CT molecular complexity index is 446. The zero-order chi connectivity index (χ0) is 12.3. The highest BCUT2D eigenvalue weighted by Crippen LogP contribution is 2.15. The maximum atomic E-state index is 11.2. The molecule has 5 heteroatoms. The van der Waals surface area contributed by atoms with Gasteiger partial charge in [0.05, 0.1) is 5.56 Å². The summed E-state index contributed by atoms with van der Waals surface area (Å²) in [5.41, 5.74) is -0.408. The lowest BCUT2D eigenvalue weighted by molar-refractivity contribution is -0.145. The first kappa shape index (κ1) is 12.3. The van der Waals surface area contributed by atoms with E-state index in [0.717, 1.165) is 0 Å². The molecule has 1 N–H and O–H groups in total. The van der Waals surface area contributed by atoms with E-state index in [1.54, 1.807) is 6.92 Å². The lowest BCUT2D eigenvalue weighted by atomic mass is 10.2. The molecule has 0 amide bonds. The minimum Gasteiger partial charge on any atom is -0.507 e. The summed E-state index contributed by atoms with van der Waals surface area (Å²) in [6.45, 7) is 4.46. The molecule has 0 aliphatic heterocycles. The van der Waals surface area contributed by atoms with Gasteiger partial charge in [-0.05, 0) is 13.8 Å². The molecule has 1 aromatic heterocycles. The van der Waals surface area contributed by atoms with Gasteiger partial charge in [0.1, 0.15) is 17.6 Å². The summed E-state index contributed by atoms with van der Waals surface area (Å²) in [6.07, 6.45) is -0.148. The van der Waals surface area contributed by atoms with E-state index >= 15 is 0 Å². The van der Waals surface area contributed by atoms with Crippen LogP contribution in [-0.4, -0.2) is 17.2 Å². The first-order valence-electron chi connectivity index (χ1n) is 4.90. The maximum absolute atomic E-state index is 11.2. The summed E-state index contributed by atoms with van der Waals surface area (Å²) in [7, 11) is 0. The predicted molar refractivity (Wildman–Crippen MR) is 56.3 cm³/mol. The molecule has 0 saturated carbocycles. The number of esters is 1. The molecule has 1 aromatic rings. The summed E-state index contributed by atoms with van der Waals surface area (Å²) < 4.78 is 9.82. The van der Waals surface area contributed by atoms with Crippen molar-refractivity contribution in [2.24, 2.45) is 0 Å². The van der Waals surface area contributed by atoms with Crippen LogP contribution in [0.3, 0.4) is 0 Å². The molecule has 0 bridgehead atoms. The van der Waals surface area contributed by atoms with Crippen LogP contribution in [-0.2, 0) is 16.0 Å². The predicted octanol–water partition coefficient (Wildman–Crippen LogP) is 1.15. The second-order valence-electron chi connectivity index (χ2n) is 3.63. The highest BCUT2D eigenvalue weighted by atomic mass is 16.5. The van der Waals surface area contributed by atoms with Crippen molar-refractivity contribution in [3.63, 3.8) is 0 Å². The molecule has 0 aliphatic rings. The van der Waals surface area contributed by atoms with Gasteiger partial charge in [0, 0.05) is 19.4 Å². The van der Waals surface area contributed by atoms with Crippen LogP contribution in [0, 0.1) is 6.92 Å². The smallest absolute Gasteiger partial charge is 0.342 e. The molecular weight excluding hydrogens is 212 g/mol. The monoisotopic (exact) mass is 226 g/mol. The fourth-order valence-electron chi connectivity index (χ4n) is 1.30. The van der Waals surface area contributed by atoms with E-state index in [-0.39, 0.29) is 17.7 Å². The third-order valence-electron chi connectivity index (χ3n) is 2.07. The van der Waals surface area contributed by atoms with Crippen molar-refractivity contribution >= 4 is 5.97 Å². The molecule has 0 fully saturated rings. The minimum atomic E-state index is -0.579. The van der Waals surface area contributed by atoms with Gasteiger partial charge in [-0.15, -0.1) is 0 Å². The average molecular weight is 226 g/mol. The van der Waals surface area contributed by atoms with Crippen molar-refractivity contribution in [3.8, 4) is 5.75 Å². The molecule has 0 spiro atoms. The van der Waals surface area contributed by atoms with Gasteiger partial charge in [-0.25, -0.2) is 4.79 Å². The molecular formula is C11H14O5. The van der Waals surface area contributed by atoms with Gasteiger partial charge in [-0.3, -0.25) is 4.79 Å². The van der Waals surface area contributed by atoms with Crippen molar-refractivity contribution in [1.29, 1.82) is 0 Å². The van der Waals surface area contributed by atoms with Crippen LogP contribution >= 0.6 is 0 Å². The van der Waals surface area contributed by atoms with Crippen LogP contribution in [0.15, 0.2) is 15.3 Å². The number of rotatable bonds is 3. The summed E-state index contributed by atoms with van der Waals surface area (Å²) in [6, 6.07) is 1.36. The highest BCUT2D eigenvalue weighted by molar-refractivity contribution is 5.66. The number of hydrogen-bond donors (Lipinski definition) is 1. The third kappa shape index (κ3) is 3.12. The first-order valence-corrected chi connectivity index (χ1v) is 4.90. The van der Waals surface area contributed by atoms with E-state index in [1.165, 1.54) is 19.9 Å². The summed E-state index contributed by atoms with van der Waals surface area (Å²) in [5.74, 6) is -0.214. The largest absolute Gasteiger partial charge is 0.507 e. The second kappa shape index (κ2) is 4.83. The summed E-state index contributed by atoms with van der Waals surface area (Å²) in [5, 5.41) is 9.41. The lowest BCUT2D eigenvalue weighted by Crippen LogP contribution is -2.16. The highest BCUT2D eigenvalue weighted by Gasteiger charge is 2.12. The van der Waals surface area contributed by atoms with Crippen LogP contribution in [0.5, 0.6) is 5.75 Å². The van der Waals surface area contributed by atoms with E-state index in [4.69, 9.17) is 9.15 Å². The SMILES string of the molecule is CC(=O)OC(C)Cc1cc(O)c(C)c(=O)o1. The molecule has 88 valence electrons. The molecule has 0 saturated heterocycles. The first-order chi connectivity index (χ1) is 7.40. The Morgan fingerprint density at radius 1 is 1.62 bits per heavy atom. The summed E-state index contributed by atoms with van der Waals surface area (Å²) >= 11 is 0. The van der Waals surface area contributed by atoms with Gasteiger partial charge >= 0.3 is 11.6 Å². The Kier molecular flexibility index (Phi) is 3.71. The van der Waals surface area contributed by atoms with Crippen LogP contribution in [0.25, 0.3) is 0 Å². The van der Waals surface area contributed by atoms with Crippen LogP contribution in [0.4, 0.5) is 0 Å². The Labute approximate surface area is 92.7 Å². The van der Waals surface area contributed by atoms with E-state index in [9.17, 15) is 14.7 Å². The summed E-state index contributed by atoms with van der Waals surface area (Å²) in [4.78, 5) is 21.9.